The van der Waals surface area contributed by atoms with Crippen molar-refractivity contribution in [2.24, 2.45) is 0 Å². The van der Waals surface area contributed by atoms with Crippen LogP contribution in [0.25, 0.3) is 0 Å². The van der Waals surface area contributed by atoms with Crippen LogP contribution in [0, 0.1) is 0 Å². The molecule has 9 nitrogen and oxygen atoms in total. The van der Waals surface area contributed by atoms with Crippen LogP contribution in [0.3, 0.4) is 0 Å². The Bertz CT molecular complexity index is 733. The van der Waals surface area contributed by atoms with Gasteiger partial charge in [-0.05, 0) is 6.92 Å². The number of aliphatic carboxylic acids is 1. The fourth-order valence-corrected chi connectivity index (χ4v) is 2.60. The van der Waals surface area contributed by atoms with Crippen molar-refractivity contribution in [3.63, 3.8) is 0 Å². The zero-order valence-corrected chi connectivity index (χ0v) is 12.1. The summed E-state index contributed by atoms with van der Waals surface area (Å²) in [4.78, 5) is 10.4. The van der Waals surface area contributed by atoms with Gasteiger partial charge in [-0.15, -0.1) is 0 Å². The summed E-state index contributed by atoms with van der Waals surface area (Å²) in [6.45, 7) is 2.63. The summed E-state index contributed by atoms with van der Waals surface area (Å²) < 4.78 is 29.5. The molecule has 0 fully saturated rings. The topological polar surface area (TPSA) is 119 Å². The van der Waals surface area contributed by atoms with Crippen LogP contribution in [0.4, 0.5) is 5.69 Å². The Morgan fingerprint density at radius 1 is 1.29 bits per heavy atom. The van der Waals surface area contributed by atoms with Crippen LogP contribution in [-0.2, 0) is 27.9 Å². The second-order valence-electron chi connectivity index (χ2n) is 4.27. The molecule has 2 aromatic rings. The van der Waals surface area contributed by atoms with E-state index in [-0.39, 0.29) is 17.9 Å². The lowest BCUT2D eigenvalue weighted by Crippen LogP contribution is -2.12. The second kappa shape index (κ2) is 5.95. The molecule has 0 spiro atoms. The highest BCUT2D eigenvalue weighted by Crippen LogP contribution is 2.14. The first-order chi connectivity index (χ1) is 9.90. The van der Waals surface area contributed by atoms with E-state index in [0.717, 1.165) is 0 Å². The number of sulfonamides is 1. The molecule has 2 aromatic heterocycles. The Morgan fingerprint density at radius 2 is 2.00 bits per heavy atom. The third-order valence-electron chi connectivity index (χ3n) is 2.68. The predicted molar refractivity (Wildman–Crippen MR) is 73.2 cm³/mol. The molecule has 0 unspecified atom stereocenters. The maximum absolute atomic E-state index is 12.1. The molecule has 0 atom stereocenters. The number of rotatable bonds is 7. The van der Waals surface area contributed by atoms with Gasteiger partial charge in [0, 0.05) is 18.9 Å². The number of aromatic nitrogens is 4. The van der Waals surface area contributed by atoms with Crippen LogP contribution in [-0.4, -0.2) is 39.1 Å². The molecule has 0 aliphatic carbocycles. The monoisotopic (exact) mass is 313 g/mol. The molecule has 0 saturated carbocycles. The van der Waals surface area contributed by atoms with Crippen molar-refractivity contribution >= 4 is 21.7 Å². The van der Waals surface area contributed by atoms with Gasteiger partial charge in [-0.25, -0.2) is 8.42 Å². The van der Waals surface area contributed by atoms with Crippen molar-refractivity contribution in [1.82, 2.24) is 19.6 Å². The minimum atomic E-state index is -3.76. The van der Waals surface area contributed by atoms with E-state index in [2.05, 4.69) is 14.9 Å². The summed E-state index contributed by atoms with van der Waals surface area (Å²) in [5.41, 5.74) is 0.357. The molecular weight excluding hydrogens is 298 g/mol. The summed E-state index contributed by atoms with van der Waals surface area (Å²) in [6.07, 6.45) is 5.32. The van der Waals surface area contributed by atoms with Crippen molar-refractivity contribution in [3.05, 3.63) is 24.8 Å². The van der Waals surface area contributed by atoms with E-state index in [1.54, 1.807) is 10.9 Å². The van der Waals surface area contributed by atoms with E-state index in [0.29, 0.717) is 12.2 Å². The highest BCUT2D eigenvalue weighted by Gasteiger charge is 2.17. The molecule has 10 heteroatoms. The van der Waals surface area contributed by atoms with E-state index >= 15 is 0 Å². The number of hydrogen-bond donors (Lipinski definition) is 2. The third-order valence-corrected chi connectivity index (χ3v) is 4.02. The van der Waals surface area contributed by atoms with Crippen LogP contribution >= 0.6 is 0 Å². The van der Waals surface area contributed by atoms with Gasteiger partial charge in [-0.3, -0.25) is 18.9 Å². The van der Waals surface area contributed by atoms with E-state index < -0.39 is 16.0 Å². The lowest BCUT2D eigenvalue weighted by molar-refractivity contribution is -0.137. The Kier molecular flexibility index (Phi) is 4.26. The molecule has 21 heavy (non-hydrogen) atoms. The van der Waals surface area contributed by atoms with Crippen molar-refractivity contribution < 1.29 is 18.3 Å². The number of carboxylic acid groups (broad SMARTS) is 1. The zero-order chi connectivity index (χ0) is 15.5. The first-order valence-corrected chi connectivity index (χ1v) is 7.68. The SMILES string of the molecule is CCn1cc(NS(=O)(=O)c2cnn(CCC(=O)O)c2)cn1. The van der Waals surface area contributed by atoms with Gasteiger partial charge in [-0.2, -0.15) is 10.2 Å². The molecule has 114 valence electrons. The highest BCUT2D eigenvalue weighted by molar-refractivity contribution is 7.92. The Balaban J connectivity index is 2.10. The average Bonchev–Trinajstić information content (AvgIpc) is 3.04. The Morgan fingerprint density at radius 3 is 2.62 bits per heavy atom. The van der Waals surface area contributed by atoms with Gasteiger partial charge in [0.2, 0.25) is 0 Å². The average molecular weight is 313 g/mol. The second-order valence-corrected chi connectivity index (χ2v) is 5.96. The zero-order valence-electron chi connectivity index (χ0n) is 11.3. The quantitative estimate of drug-likeness (QED) is 0.762. The van der Waals surface area contributed by atoms with E-state index in [4.69, 9.17) is 5.11 Å². The fraction of sp³-hybridized carbons (Fsp3) is 0.364. The first-order valence-electron chi connectivity index (χ1n) is 6.20. The molecule has 0 aliphatic rings. The van der Waals surface area contributed by atoms with E-state index in [9.17, 15) is 13.2 Å². The van der Waals surface area contributed by atoms with Crippen LogP contribution in [0.5, 0.6) is 0 Å². The third kappa shape index (κ3) is 3.81. The van der Waals surface area contributed by atoms with Crippen LogP contribution < -0.4 is 4.72 Å². The predicted octanol–water partition coefficient (Wildman–Crippen LogP) is 0.375. The summed E-state index contributed by atoms with van der Waals surface area (Å²) in [5.74, 6) is -0.972. The lowest BCUT2D eigenvalue weighted by Gasteiger charge is -2.02. The van der Waals surface area contributed by atoms with Gasteiger partial charge < -0.3 is 5.11 Å². The molecule has 2 N–H and O–H groups in total. The molecule has 2 rings (SSSR count). The molecule has 2 heterocycles. The Labute approximate surface area is 121 Å². The number of hydrogen-bond acceptors (Lipinski definition) is 5. The maximum atomic E-state index is 12.1. The number of aryl methyl sites for hydroxylation is 2. The standard InChI is InChI=1S/C11H15N5O4S/c1-2-15-7-9(5-12-15)14-21(19,20)10-6-13-16(8-10)4-3-11(17)18/h5-8,14H,2-4H2,1H3,(H,17,18). The summed E-state index contributed by atoms with van der Waals surface area (Å²) in [7, 11) is -3.76. The minimum Gasteiger partial charge on any atom is -0.481 e. The normalized spacial score (nSPS) is 11.5. The molecule has 0 saturated heterocycles. The first kappa shape index (κ1) is 15.0. The van der Waals surface area contributed by atoms with Gasteiger partial charge >= 0.3 is 5.97 Å². The molecule has 0 aliphatic heterocycles. The van der Waals surface area contributed by atoms with Crippen molar-refractivity contribution in [2.45, 2.75) is 31.3 Å². The summed E-state index contributed by atoms with van der Waals surface area (Å²) in [6, 6.07) is 0. The highest BCUT2D eigenvalue weighted by atomic mass is 32.2. The summed E-state index contributed by atoms with van der Waals surface area (Å²) >= 11 is 0. The number of nitrogens with zero attached hydrogens (tertiary/aromatic N) is 4. The van der Waals surface area contributed by atoms with Crippen LogP contribution in [0.15, 0.2) is 29.7 Å². The largest absolute Gasteiger partial charge is 0.481 e. The lowest BCUT2D eigenvalue weighted by atomic mass is 10.4. The van der Waals surface area contributed by atoms with Crippen LogP contribution in [0.2, 0.25) is 0 Å². The van der Waals surface area contributed by atoms with Crippen molar-refractivity contribution in [1.29, 1.82) is 0 Å². The van der Waals surface area contributed by atoms with Crippen molar-refractivity contribution in [2.75, 3.05) is 4.72 Å². The van der Waals surface area contributed by atoms with E-state index in [1.807, 2.05) is 6.92 Å². The Hall–Kier alpha value is -2.36. The fourth-order valence-electron chi connectivity index (χ4n) is 1.62. The summed E-state index contributed by atoms with van der Waals surface area (Å²) in [5, 5.41) is 16.4. The number of carbonyl (C=O) groups is 1. The molecule has 0 amide bonds. The van der Waals surface area contributed by atoms with Gasteiger partial charge in [0.25, 0.3) is 10.0 Å². The molecule has 0 aromatic carbocycles. The number of carboxylic acids is 1. The van der Waals surface area contributed by atoms with Gasteiger partial charge in [0.1, 0.15) is 4.90 Å². The van der Waals surface area contributed by atoms with Gasteiger partial charge in [0.15, 0.2) is 0 Å². The molecule has 0 bridgehead atoms. The minimum absolute atomic E-state index is 0.0304. The maximum Gasteiger partial charge on any atom is 0.305 e. The van der Waals surface area contributed by atoms with Crippen molar-refractivity contribution in [3.8, 4) is 0 Å². The molecule has 0 radical (unpaired) electrons. The number of anilines is 1. The van der Waals surface area contributed by atoms with Gasteiger partial charge in [0.05, 0.1) is 31.0 Å². The number of nitrogens with one attached hydrogen (secondary N) is 1. The van der Waals surface area contributed by atoms with E-state index in [1.165, 1.54) is 23.3 Å². The molecular formula is C11H15N5O4S. The smallest absolute Gasteiger partial charge is 0.305 e. The van der Waals surface area contributed by atoms with Gasteiger partial charge in [-0.1, -0.05) is 0 Å². The van der Waals surface area contributed by atoms with Crippen LogP contribution in [0.1, 0.15) is 13.3 Å².